The molecule has 0 spiro atoms. The summed E-state index contributed by atoms with van der Waals surface area (Å²) >= 11 is 0. The summed E-state index contributed by atoms with van der Waals surface area (Å²) in [7, 11) is 0. The monoisotopic (exact) mass is 373 g/mol. The number of hydrogen-bond acceptors (Lipinski definition) is 2. The summed E-state index contributed by atoms with van der Waals surface area (Å²) in [5.74, 6) is -0.368. The van der Waals surface area contributed by atoms with Crippen molar-refractivity contribution in [2.75, 3.05) is 0 Å². The Balaban J connectivity index is 1.46. The maximum atomic E-state index is 11.1. The lowest BCUT2D eigenvalue weighted by molar-refractivity contribution is 0.0697. The van der Waals surface area contributed by atoms with E-state index in [-0.39, 0.29) is 0 Å². The Bertz CT molecular complexity index is 958. The van der Waals surface area contributed by atoms with Gasteiger partial charge in [-0.05, 0) is 66.1 Å². The fourth-order valence-corrected chi connectivity index (χ4v) is 4.61. The van der Waals surface area contributed by atoms with Gasteiger partial charge in [0.1, 0.15) is 0 Å². The van der Waals surface area contributed by atoms with Crippen molar-refractivity contribution in [3.05, 3.63) is 83.4 Å². The smallest absolute Gasteiger partial charge is 0.335 e. The zero-order valence-corrected chi connectivity index (χ0v) is 16.3. The first-order valence-electron chi connectivity index (χ1n) is 10.2. The summed E-state index contributed by atoms with van der Waals surface area (Å²) in [4.78, 5) is 11.1. The maximum absolute atomic E-state index is 11.1. The van der Waals surface area contributed by atoms with E-state index in [1.165, 1.54) is 41.2 Å². The number of carbonyl (C=O) groups is 1. The van der Waals surface area contributed by atoms with Crippen LogP contribution in [0.2, 0.25) is 0 Å². The van der Waals surface area contributed by atoms with Gasteiger partial charge in [0.2, 0.25) is 0 Å². The molecule has 0 bridgehead atoms. The fraction of sp³-hybridized carbons (Fsp3) is 0.320. The first kappa shape index (κ1) is 18.7. The van der Waals surface area contributed by atoms with Crippen LogP contribution in [0.3, 0.4) is 0 Å². The van der Waals surface area contributed by atoms with Crippen LogP contribution in [0.4, 0.5) is 0 Å². The van der Waals surface area contributed by atoms with E-state index < -0.39 is 5.97 Å². The van der Waals surface area contributed by atoms with Crippen LogP contribution in [0, 0.1) is 0 Å². The third kappa shape index (κ3) is 3.95. The second kappa shape index (κ2) is 8.15. The molecule has 1 aliphatic rings. The van der Waals surface area contributed by atoms with E-state index in [2.05, 4.69) is 54.7 Å². The Morgan fingerprint density at radius 2 is 1.75 bits per heavy atom. The zero-order valence-electron chi connectivity index (χ0n) is 16.3. The average Bonchev–Trinajstić information content (AvgIpc) is 2.73. The molecule has 4 rings (SSSR count). The predicted octanol–water partition coefficient (Wildman–Crippen LogP) is 5.92. The number of aromatic carboxylic acids is 1. The van der Waals surface area contributed by atoms with Crippen molar-refractivity contribution < 1.29 is 9.90 Å². The van der Waals surface area contributed by atoms with Gasteiger partial charge in [0.05, 0.1) is 5.56 Å². The van der Waals surface area contributed by atoms with Crippen molar-refractivity contribution >= 4 is 16.7 Å². The summed E-state index contributed by atoms with van der Waals surface area (Å²) in [5.41, 5.74) is 2.97. The summed E-state index contributed by atoms with van der Waals surface area (Å²) in [6, 6.07) is 23.3. The molecule has 0 heterocycles. The number of rotatable bonds is 5. The second-order valence-electron chi connectivity index (χ2n) is 7.94. The highest BCUT2D eigenvalue weighted by atomic mass is 16.4. The van der Waals surface area contributed by atoms with E-state index >= 15 is 0 Å². The lowest BCUT2D eigenvalue weighted by atomic mass is 9.81. The van der Waals surface area contributed by atoms with Crippen LogP contribution in [-0.4, -0.2) is 17.1 Å². The highest BCUT2D eigenvalue weighted by molar-refractivity contribution is 5.87. The van der Waals surface area contributed by atoms with E-state index in [1.807, 2.05) is 12.1 Å². The fourth-order valence-electron chi connectivity index (χ4n) is 4.61. The maximum Gasteiger partial charge on any atom is 0.335 e. The van der Waals surface area contributed by atoms with Crippen LogP contribution in [0.5, 0.6) is 0 Å². The Morgan fingerprint density at radius 3 is 2.54 bits per heavy atom. The summed E-state index contributed by atoms with van der Waals surface area (Å²) in [6.45, 7) is 2.26. The second-order valence-corrected chi connectivity index (χ2v) is 7.94. The first-order valence-corrected chi connectivity index (χ1v) is 10.2. The van der Waals surface area contributed by atoms with Crippen molar-refractivity contribution in [2.45, 2.75) is 50.6 Å². The molecule has 28 heavy (non-hydrogen) atoms. The van der Waals surface area contributed by atoms with Crippen LogP contribution in [0.15, 0.2) is 66.7 Å². The Hall–Kier alpha value is -2.65. The van der Waals surface area contributed by atoms with Gasteiger partial charge in [-0.25, -0.2) is 4.79 Å². The zero-order chi connectivity index (χ0) is 19.5. The Morgan fingerprint density at radius 1 is 1.00 bits per heavy atom. The standard InChI is InChI=1S/C25H27NO2/c1-17(23-11-5-7-19-6-2-3-10-24(19)23)26-22-9-4-8-21(16-22)18-12-14-20(15-13-18)25(27)28/h2-3,5-7,10-15,17,21-22,26H,4,8-9,16H2,1H3,(H,27,28)/t17-,21+,22-/m1/s1. The van der Waals surface area contributed by atoms with Crippen molar-refractivity contribution in [1.29, 1.82) is 0 Å². The van der Waals surface area contributed by atoms with Crippen LogP contribution in [-0.2, 0) is 0 Å². The summed E-state index contributed by atoms with van der Waals surface area (Å²) < 4.78 is 0. The topological polar surface area (TPSA) is 49.3 Å². The molecule has 0 aromatic heterocycles. The molecule has 1 fully saturated rings. The Labute approximate surface area is 166 Å². The van der Waals surface area contributed by atoms with Gasteiger partial charge in [0.15, 0.2) is 0 Å². The molecule has 3 nitrogen and oxygen atoms in total. The van der Waals surface area contributed by atoms with Gasteiger partial charge >= 0.3 is 5.97 Å². The largest absolute Gasteiger partial charge is 0.478 e. The lowest BCUT2D eigenvalue weighted by Crippen LogP contribution is -2.35. The molecule has 0 amide bonds. The SMILES string of the molecule is C[C@@H](N[C@@H]1CCC[C@H](c2ccc(C(=O)O)cc2)C1)c1cccc2ccccc12. The van der Waals surface area contributed by atoms with Crippen LogP contribution in [0.1, 0.15) is 66.1 Å². The Kier molecular flexibility index (Phi) is 5.45. The molecule has 0 aliphatic heterocycles. The van der Waals surface area contributed by atoms with Crippen molar-refractivity contribution in [2.24, 2.45) is 0 Å². The molecule has 3 atom stereocenters. The van der Waals surface area contributed by atoms with E-state index in [0.717, 1.165) is 6.42 Å². The first-order chi connectivity index (χ1) is 13.6. The van der Waals surface area contributed by atoms with Crippen LogP contribution < -0.4 is 5.32 Å². The van der Waals surface area contributed by atoms with E-state index in [9.17, 15) is 4.79 Å². The molecule has 1 saturated carbocycles. The molecular weight excluding hydrogens is 346 g/mol. The van der Waals surface area contributed by atoms with E-state index in [0.29, 0.717) is 23.6 Å². The molecule has 0 unspecified atom stereocenters. The molecule has 1 aliphatic carbocycles. The van der Waals surface area contributed by atoms with Crippen molar-refractivity contribution in [1.82, 2.24) is 5.32 Å². The van der Waals surface area contributed by atoms with Gasteiger partial charge < -0.3 is 10.4 Å². The van der Waals surface area contributed by atoms with Gasteiger partial charge in [-0.15, -0.1) is 0 Å². The van der Waals surface area contributed by atoms with Crippen molar-refractivity contribution in [3.8, 4) is 0 Å². The van der Waals surface area contributed by atoms with Crippen molar-refractivity contribution in [3.63, 3.8) is 0 Å². The molecule has 0 radical (unpaired) electrons. The number of benzene rings is 3. The molecular formula is C25H27NO2. The normalized spacial score (nSPS) is 20.8. The molecule has 3 aromatic rings. The average molecular weight is 373 g/mol. The number of carboxylic acid groups (broad SMARTS) is 1. The quantitative estimate of drug-likeness (QED) is 0.584. The minimum absolute atomic E-state index is 0.296. The third-order valence-electron chi connectivity index (χ3n) is 6.08. The molecule has 0 saturated heterocycles. The minimum atomic E-state index is -0.862. The lowest BCUT2D eigenvalue weighted by Gasteiger charge is -2.32. The van der Waals surface area contributed by atoms with Crippen LogP contribution >= 0.6 is 0 Å². The van der Waals surface area contributed by atoms with Gasteiger partial charge in [0.25, 0.3) is 0 Å². The molecule has 144 valence electrons. The van der Waals surface area contributed by atoms with Gasteiger partial charge in [0, 0.05) is 12.1 Å². The van der Waals surface area contributed by atoms with E-state index in [4.69, 9.17) is 5.11 Å². The number of fused-ring (bicyclic) bond motifs is 1. The number of hydrogen-bond donors (Lipinski definition) is 2. The van der Waals surface area contributed by atoms with E-state index in [1.54, 1.807) is 12.1 Å². The van der Waals surface area contributed by atoms with Crippen LogP contribution in [0.25, 0.3) is 10.8 Å². The highest BCUT2D eigenvalue weighted by Gasteiger charge is 2.25. The third-order valence-corrected chi connectivity index (χ3v) is 6.08. The van der Waals surface area contributed by atoms with Gasteiger partial charge in [-0.2, -0.15) is 0 Å². The van der Waals surface area contributed by atoms with Gasteiger partial charge in [-0.1, -0.05) is 61.0 Å². The number of carboxylic acids is 1. The summed E-state index contributed by atoms with van der Waals surface area (Å²) in [5, 5.41) is 15.6. The predicted molar refractivity (Wildman–Crippen MR) is 114 cm³/mol. The molecule has 2 N–H and O–H groups in total. The molecule has 3 heteroatoms. The number of nitrogens with one attached hydrogen (secondary N) is 1. The summed E-state index contributed by atoms with van der Waals surface area (Å²) in [6.07, 6.45) is 4.67. The molecule has 3 aromatic carbocycles. The minimum Gasteiger partial charge on any atom is -0.478 e. The highest BCUT2D eigenvalue weighted by Crippen LogP contribution is 2.34. The van der Waals surface area contributed by atoms with Gasteiger partial charge in [-0.3, -0.25) is 0 Å².